The van der Waals surface area contributed by atoms with Crippen LogP contribution in [0.1, 0.15) is 107 Å². The SMILES string of the molecule is CCCC1CCC(c2ccc(C3CCC(C=Cc4ccc(OCC)cc4F)CC3)c(F)c2F)CC1. The van der Waals surface area contributed by atoms with Crippen LogP contribution >= 0.6 is 0 Å². The average molecular weight is 485 g/mol. The van der Waals surface area contributed by atoms with Crippen LogP contribution in [-0.4, -0.2) is 6.61 Å². The second-order valence-corrected chi connectivity index (χ2v) is 10.5. The Morgan fingerprint density at radius 1 is 0.800 bits per heavy atom. The summed E-state index contributed by atoms with van der Waals surface area (Å²) in [7, 11) is 0. The summed E-state index contributed by atoms with van der Waals surface area (Å²) in [5, 5.41) is 0. The fourth-order valence-corrected chi connectivity index (χ4v) is 6.14. The number of rotatable bonds is 8. The molecular formula is C31H39F3O. The van der Waals surface area contributed by atoms with Gasteiger partial charge >= 0.3 is 0 Å². The lowest BCUT2D eigenvalue weighted by atomic mass is 9.75. The van der Waals surface area contributed by atoms with Crippen molar-refractivity contribution in [3.63, 3.8) is 0 Å². The van der Waals surface area contributed by atoms with E-state index in [0.717, 1.165) is 57.3 Å². The molecule has 2 saturated carbocycles. The molecule has 1 nitrogen and oxygen atoms in total. The van der Waals surface area contributed by atoms with Crippen molar-refractivity contribution in [3.8, 4) is 5.75 Å². The molecule has 0 unspecified atom stereocenters. The van der Waals surface area contributed by atoms with E-state index in [4.69, 9.17) is 4.74 Å². The van der Waals surface area contributed by atoms with Crippen LogP contribution in [0.4, 0.5) is 13.2 Å². The Bertz CT molecular complexity index is 999. The number of allylic oxidation sites excluding steroid dienone is 1. The Morgan fingerprint density at radius 2 is 1.40 bits per heavy atom. The zero-order valence-electron chi connectivity index (χ0n) is 21.2. The molecule has 2 fully saturated rings. The van der Waals surface area contributed by atoms with E-state index in [2.05, 4.69) is 13.0 Å². The number of benzene rings is 2. The van der Waals surface area contributed by atoms with Crippen LogP contribution in [0.15, 0.2) is 36.4 Å². The molecule has 0 aromatic heterocycles. The van der Waals surface area contributed by atoms with Gasteiger partial charge in [-0.05, 0) is 105 Å². The van der Waals surface area contributed by atoms with E-state index < -0.39 is 11.6 Å². The van der Waals surface area contributed by atoms with Crippen molar-refractivity contribution in [3.05, 3.63) is 70.5 Å². The first kappa shape index (κ1) is 25.9. The molecular weight excluding hydrogens is 445 g/mol. The third-order valence-electron chi connectivity index (χ3n) is 8.17. The van der Waals surface area contributed by atoms with Crippen molar-refractivity contribution in [2.45, 2.75) is 89.9 Å². The Balaban J connectivity index is 1.34. The molecule has 0 saturated heterocycles. The normalized spacial score (nSPS) is 25.2. The van der Waals surface area contributed by atoms with Crippen LogP contribution in [0, 0.1) is 29.3 Å². The highest BCUT2D eigenvalue weighted by atomic mass is 19.2. The standard InChI is InChI=1S/C31H39F3O/c1-3-5-21-6-11-23(12-7-21)27-18-19-28(31(34)30(27)33)24-13-8-22(9-14-24)10-15-25-16-17-26(35-4-2)20-29(25)32/h10,15-24H,3-9,11-14H2,1-2H3. The van der Waals surface area contributed by atoms with Crippen LogP contribution in [-0.2, 0) is 0 Å². The molecule has 0 aliphatic heterocycles. The molecule has 0 heterocycles. The van der Waals surface area contributed by atoms with Crippen molar-refractivity contribution in [2.24, 2.45) is 11.8 Å². The third kappa shape index (κ3) is 6.32. The Morgan fingerprint density at radius 3 is 1.94 bits per heavy atom. The average Bonchev–Trinajstić information content (AvgIpc) is 2.87. The van der Waals surface area contributed by atoms with Crippen molar-refractivity contribution >= 4 is 6.08 Å². The maximum absolute atomic E-state index is 15.2. The third-order valence-corrected chi connectivity index (χ3v) is 8.17. The highest BCUT2D eigenvalue weighted by Gasteiger charge is 2.29. The van der Waals surface area contributed by atoms with Gasteiger partial charge in [0.15, 0.2) is 11.6 Å². The van der Waals surface area contributed by atoms with Crippen LogP contribution in [0.2, 0.25) is 0 Å². The molecule has 0 atom stereocenters. The molecule has 0 amide bonds. The van der Waals surface area contributed by atoms with Gasteiger partial charge in [0.25, 0.3) is 0 Å². The number of halogens is 3. The number of hydrogen-bond donors (Lipinski definition) is 0. The largest absolute Gasteiger partial charge is 0.494 e. The van der Waals surface area contributed by atoms with E-state index in [0.29, 0.717) is 35.0 Å². The predicted octanol–water partition coefficient (Wildman–Crippen LogP) is 9.56. The van der Waals surface area contributed by atoms with Crippen LogP contribution in [0.3, 0.4) is 0 Å². The van der Waals surface area contributed by atoms with E-state index in [1.165, 1.54) is 18.9 Å². The second-order valence-electron chi connectivity index (χ2n) is 10.5. The van der Waals surface area contributed by atoms with Crippen LogP contribution in [0.5, 0.6) is 5.75 Å². The summed E-state index contributed by atoms with van der Waals surface area (Å²) >= 11 is 0. The summed E-state index contributed by atoms with van der Waals surface area (Å²) in [6.07, 6.45) is 13.9. The Hall–Kier alpha value is -2.23. The maximum atomic E-state index is 15.2. The molecule has 2 aliphatic rings. The minimum atomic E-state index is -0.631. The minimum Gasteiger partial charge on any atom is -0.494 e. The van der Waals surface area contributed by atoms with Gasteiger partial charge in [0, 0.05) is 11.6 Å². The molecule has 190 valence electrons. The predicted molar refractivity (Wildman–Crippen MR) is 137 cm³/mol. The lowest BCUT2D eigenvalue weighted by Gasteiger charge is -2.30. The molecule has 4 heteroatoms. The Labute approximate surface area is 208 Å². The molecule has 2 aromatic rings. The van der Waals surface area contributed by atoms with E-state index in [1.54, 1.807) is 12.1 Å². The van der Waals surface area contributed by atoms with Gasteiger partial charge in [-0.25, -0.2) is 13.2 Å². The summed E-state index contributed by atoms with van der Waals surface area (Å²) in [5.41, 5.74) is 1.66. The molecule has 4 rings (SSSR count). The molecule has 35 heavy (non-hydrogen) atoms. The molecule has 0 spiro atoms. The fraction of sp³-hybridized carbons (Fsp3) is 0.548. The summed E-state index contributed by atoms with van der Waals surface area (Å²) < 4.78 is 49.9. The van der Waals surface area contributed by atoms with Gasteiger partial charge in [0.05, 0.1) is 6.61 Å². The number of hydrogen-bond acceptors (Lipinski definition) is 1. The molecule has 0 N–H and O–H groups in total. The van der Waals surface area contributed by atoms with Crippen LogP contribution in [0.25, 0.3) is 6.08 Å². The lowest BCUT2D eigenvalue weighted by molar-refractivity contribution is 0.302. The van der Waals surface area contributed by atoms with Gasteiger partial charge in [-0.1, -0.05) is 44.1 Å². The molecule has 2 aliphatic carbocycles. The second kappa shape index (κ2) is 12.1. The minimum absolute atomic E-state index is 0.0469. The van der Waals surface area contributed by atoms with E-state index in [-0.39, 0.29) is 17.7 Å². The lowest BCUT2D eigenvalue weighted by Crippen LogP contribution is -2.17. The highest BCUT2D eigenvalue weighted by molar-refractivity contribution is 5.52. The van der Waals surface area contributed by atoms with Gasteiger partial charge in [-0.2, -0.15) is 0 Å². The topological polar surface area (TPSA) is 9.23 Å². The zero-order valence-corrected chi connectivity index (χ0v) is 21.2. The van der Waals surface area contributed by atoms with E-state index in [1.807, 2.05) is 25.1 Å². The fourth-order valence-electron chi connectivity index (χ4n) is 6.14. The van der Waals surface area contributed by atoms with Crippen molar-refractivity contribution in [1.82, 2.24) is 0 Å². The van der Waals surface area contributed by atoms with Crippen molar-refractivity contribution < 1.29 is 17.9 Å². The zero-order chi connectivity index (χ0) is 24.8. The van der Waals surface area contributed by atoms with E-state index >= 15 is 8.78 Å². The number of ether oxygens (including phenoxy) is 1. The molecule has 2 aromatic carbocycles. The summed E-state index contributed by atoms with van der Waals surface area (Å²) in [5.74, 6) is 0.259. The van der Waals surface area contributed by atoms with Gasteiger partial charge in [0.1, 0.15) is 11.6 Å². The first-order valence-electron chi connectivity index (χ1n) is 13.6. The first-order valence-corrected chi connectivity index (χ1v) is 13.6. The smallest absolute Gasteiger partial charge is 0.162 e. The van der Waals surface area contributed by atoms with E-state index in [9.17, 15) is 4.39 Å². The van der Waals surface area contributed by atoms with Gasteiger partial charge < -0.3 is 4.74 Å². The summed E-state index contributed by atoms with van der Waals surface area (Å²) in [6, 6.07) is 8.64. The molecule has 0 bridgehead atoms. The monoisotopic (exact) mass is 484 g/mol. The van der Waals surface area contributed by atoms with Crippen molar-refractivity contribution in [1.29, 1.82) is 0 Å². The first-order chi connectivity index (χ1) is 17.0. The summed E-state index contributed by atoms with van der Waals surface area (Å²) in [4.78, 5) is 0. The summed E-state index contributed by atoms with van der Waals surface area (Å²) in [6.45, 7) is 4.59. The quantitative estimate of drug-likeness (QED) is 0.362. The van der Waals surface area contributed by atoms with Crippen molar-refractivity contribution in [2.75, 3.05) is 6.61 Å². The van der Waals surface area contributed by atoms with Gasteiger partial charge in [-0.3, -0.25) is 0 Å². The van der Waals surface area contributed by atoms with Gasteiger partial charge in [-0.15, -0.1) is 0 Å². The highest BCUT2D eigenvalue weighted by Crippen LogP contribution is 2.42. The Kier molecular flexibility index (Phi) is 8.97. The molecule has 0 radical (unpaired) electrons. The maximum Gasteiger partial charge on any atom is 0.162 e. The van der Waals surface area contributed by atoms with Gasteiger partial charge in [0.2, 0.25) is 0 Å². The van der Waals surface area contributed by atoms with Crippen LogP contribution < -0.4 is 4.74 Å².